The van der Waals surface area contributed by atoms with Crippen LogP contribution >= 0.6 is 12.2 Å². The van der Waals surface area contributed by atoms with Crippen LogP contribution in [0.1, 0.15) is 48.2 Å². The number of nitrogens with two attached hydrogens (primary N) is 1. The third kappa shape index (κ3) is 6.18. The SMILES string of the molecule is CC(C)Cc1ccc(C(C)C(=O)NC(=S)Nc2cccc(C(N)=O)c2)cc1. The number of hydrogen-bond acceptors (Lipinski definition) is 3. The number of carbonyl (C=O) groups excluding carboxylic acids is 2. The minimum Gasteiger partial charge on any atom is -0.366 e. The van der Waals surface area contributed by atoms with Gasteiger partial charge >= 0.3 is 0 Å². The highest BCUT2D eigenvalue weighted by atomic mass is 32.1. The Labute approximate surface area is 165 Å². The average Bonchev–Trinajstić information content (AvgIpc) is 2.61. The number of benzene rings is 2. The summed E-state index contributed by atoms with van der Waals surface area (Å²) in [5, 5.41) is 5.76. The van der Waals surface area contributed by atoms with Gasteiger partial charge in [-0.05, 0) is 60.8 Å². The molecule has 4 N–H and O–H groups in total. The number of amides is 2. The Balaban J connectivity index is 1.96. The van der Waals surface area contributed by atoms with Crippen molar-refractivity contribution in [2.24, 2.45) is 11.7 Å². The first-order chi connectivity index (χ1) is 12.8. The number of carbonyl (C=O) groups is 2. The number of hydrogen-bond donors (Lipinski definition) is 3. The lowest BCUT2D eigenvalue weighted by molar-refractivity contribution is -0.120. The highest BCUT2D eigenvalue weighted by Gasteiger charge is 2.16. The summed E-state index contributed by atoms with van der Waals surface area (Å²) in [6, 6.07) is 14.7. The number of thiocarbonyl (C=S) groups is 1. The van der Waals surface area contributed by atoms with Gasteiger partial charge in [-0.1, -0.05) is 44.2 Å². The molecule has 142 valence electrons. The van der Waals surface area contributed by atoms with Gasteiger partial charge in [0.1, 0.15) is 0 Å². The van der Waals surface area contributed by atoms with E-state index in [-0.39, 0.29) is 16.9 Å². The lowest BCUT2D eigenvalue weighted by Gasteiger charge is -2.15. The molecule has 2 rings (SSSR count). The van der Waals surface area contributed by atoms with E-state index in [9.17, 15) is 9.59 Å². The number of nitrogens with one attached hydrogen (secondary N) is 2. The monoisotopic (exact) mass is 383 g/mol. The third-order valence-electron chi connectivity index (χ3n) is 4.16. The van der Waals surface area contributed by atoms with Gasteiger partial charge in [-0.25, -0.2) is 0 Å². The fraction of sp³-hybridized carbons (Fsp3) is 0.286. The molecule has 6 heteroatoms. The van der Waals surface area contributed by atoms with Crippen LogP contribution in [0, 0.1) is 5.92 Å². The maximum absolute atomic E-state index is 12.5. The van der Waals surface area contributed by atoms with Crippen LogP contribution in [0.5, 0.6) is 0 Å². The Morgan fingerprint density at radius 2 is 1.74 bits per heavy atom. The molecule has 27 heavy (non-hydrogen) atoms. The van der Waals surface area contributed by atoms with Gasteiger partial charge in [0.15, 0.2) is 5.11 Å². The van der Waals surface area contributed by atoms with E-state index in [1.54, 1.807) is 24.3 Å². The molecule has 0 bridgehead atoms. The minimum absolute atomic E-state index is 0.171. The molecule has 2 aromatic carbocycles. The number of rotatable bonds is 6. The van der Waals surface area contributed by atoms with Crippen LogP contribution in [-0.2, 0) is 11.2 Å². The molecule has 2 amide bonds. The molecule has 0 radical (unpaired) electrons. The molecule has 0 spiro atoms. The van der Waals surface area contributed by atoms with Crippen LogP contribution < -0.4 is 16.4 Å². The van der Waals surface area contributed by atoms with Crippen molar-refractivity contribution >= 4 is 34.8 Å². The van der Waals surface area contributed by atoms with Gasteiger partial charge < -0.3 is 16.4 Å². The summed E-state index contributed by atoms with van der Waals surface area (Å²) in [4.78, 5) is 23.7. The summed E-state index contributed by atoms with van der Waals surface area (Å²) in [5.41, 5.74) is 8.40. The summed E-state index contributed by atoms with van der Waals surface area (Å²) in [5.74, 6) is -0.471. The van der Waals surface area contributed by atoms with E-state index in [0.29, 0.717) is 17.2 Å². The molecule has 0 heterocycles. The zero-order valence-electron chi connectivity index (χ0n) is 15.8. The van der Waals surface area contributed by atoms with E-state index < -0.39 is 5.91 Å². The van der Waals surface area contributed by atoms with Crippen molar-refractivity contribution in [3.05, 3.63) is 65.2 Å². The first-order valence-corrected chi connectivity index (χ1v) is 9.27. The molecular formula is C21H25N3O2S. The Kier molecular flexibility index (Phi) is 7.07. The van der Waals surface area contributed by atoms with Gasteiger partial charge in [0.25, 0.3) is 0 Å². The third-order valence-corrected chi connectivity index (χ3v) is 4.36. The molecule has 1 atom stereocenters. The number of anilines is 1. The van der Waals surface area contributed by atoms with Crippen LogP contribution in [0.4, 0.5) is 5.69 Å². The van der Waals surface area contributed by atoms with E-state index in [2.05, 4.69) is 36.6 Å². The second-order valence-corrected chi connectivity index (χ2v) is 7.36. The predicted octanol–water partition coefficient (Wildman–Crippen LogP) is 3.60. The average molecular weight is 384 g/mol. The summed E-state index contributed by atoms with van der Waals surface area (Å²) in [7, 11) is 0. The quantitative estimate of drug-likeness (QED) is 0.666. The van der Waals surface area contributed by atoms with Gasteiger partial charge in [-0.3, -0.25) is 9.59 Å². The van der Waals surface area contributed by atoms with Crippen LogP contribution in [0.2, 0.25) is 0 Å². The van der Waals surface area contributed by atoms with Gasteiger partial charge in [0, 0.05) is 11.3 Å². The number of primary amides is 1. The van der Waals surface area contributed by atoms with E-state index in [1.807, 2.05) is 19.1 Å². The van der Waals surface area contributed by atoms with E-state index in [4.69, 9.17) is 18.0 Å². The molecule has 1 unspecified atom stereocenters. The Bertz CT molecular complexity index is 832. The largest absolute Gasteiger partial charge is 0.366 e. The Hall–Kier alpha value is -2.73. The lowest BCUT2D eigenvalue weighted by atomic mass is 9.96. The Morgan fingerprint density at radius 3 is 2.33 bits per heavy atom. The predicted molar refractivity (Wildman–Crippen MR) is 113 cm³/mol. The van der Waals surface area contributed by atoms with Crippen molar-refractivity contribution in [2.45, 2.75) is 33.1 Å². The molecule has 5 nitrogen and oxygen atoms in total. The summed E-state index contributed by atoms with van der Waals surface area (Å²) in [6.45, 7) is 6.19. The molecule has 0 aliphatic rings. The zero-order chi connectivity index (χ0) is 20.0. The van der Waals surface area contributed by atoms with Gasteiger partial charge in [-0.15, -0.1) is 0 Å². The van der Waals surface area contributed by atoms with Crippen molar-refractivity contribution in [3.63, 3.8) is 0 Å². The first kappa shape index (κ1) is 20.6. The maximum atomic E-state index is 12.5. The van der Waals surface area contributed by atoms with Crippen molar-refractivity contribution in [1.82, 2.24) is 5.32 Å². The second kappa shape index (κ2) is 9.28. The minimum atomic E-state index is -0.525. The molecule has 0 aliphatic carbocycles. The molecule has 0 aromatic heterocycles. The highest BCUT2D eigenvalue weighted by molar-refractivity contribution is 7.80. The van der Waals surface area contributed by atoms with Crippen LogP contribution in [0.3, 0.4) is 0 Å². The molecule has 0 saturated heterocycles. The van der Waals surface area contributed by atoms with Gasteiger partial charge in [0.05, 0.1) is 5.92 Å². The molecule has 2 aromatic rings. The second-order valence-electron chi connectivity index (χ2n) is 6.95. The summed E-state index contributed by atoms with van der Waals surface area (Å²) >= 11 is 5.20. The van der Waals surface area contributed by atoms with Crippen molar-refractivity contribution in [1.29, 1.82) is 0 Å². The molecular weight excluding hydrogens is 358 g/mol. The van der Waals surface area contributed by atoms with E-state index >= 15 is 0 Å². The van der Waals surface area contributed by atoms with Crippen molar-refractivity contribution in [2.75, 3.05) is 5.32 Å². The maximum Gasteiger partial charge on any atom is 0.248 e. The Morgan fingerprint density at radius 1 is 1.07 bits per heavy atom. The van der Waals surface area contributed by atoms with Crippen LogP contribution in [0.25, 0.3) is 0 Å². The van der Waals surface area contributed by atoms with Crippen molar-refractivity contribution in [3.8, 4) is 0 Å². The van der Waals surface area contributed by atoms with E-state index in [0.717, 1.165) is 12.0 Å². The van der Waals surface area contributed by atoms with Crippen molar-refractivity contribution < 1.29 is 9.59 Å². The highest BCUT2D eigenvalue weighted by Crippen LogP contribution is 2.18. The summed E-state index contributed by atoms with van der Waals surface area (Å²) in [6.07, 6.45) is 1.01. The normalized spacial score (nSPS) is 11.7. The van der Waals surface area contributed by atoms with E-state index in [1.165, 1.54) is 5.56 Å². The zero-order valence-corrected chi connectivity index (χ0v) is 16.6. The fourth-order valence-corrected chi connectivity index (χ4v) is 2.92. The molecule has 0 saturated carbocycles. The van der Waals surface area contributed by atoms with Gasteiger partial charge in [0.2, 0.25) is 11.8 Å². The van der Waals surface area contributed by atoms with Gasteiger partial charge in [-0.2, -0.15) is 0 Å². The van der Waals surface area contributed by atoms with Crippen LogP contribution in [-0.4, -0.2) is 16.9 Å². The summed E-state index contributed by atoms with van der Waals surface area (Å²) < 4.78 is 0. The fourth-order valence-electron chi connectivity index (χ4n) is 2.70. The standard InChI is InChI=1S/C21H25N3O2S/c1-13(2)11-15-7-9-16(10-8-15)14(3)20(26)24-21(27)23-18-6-4-5-17(12-18)19(22)25/h4-10,12-14H,11H2,1-3H3,(H2,22,25)(H2,23,24,26,27). The topological polar surface area (TPSA) is 84.2 Å². The smallest absolute Gasteiger partial charge is 0.248 e. The molecule has 0 aliphatic heterocycles. The van der Waals surface area contributed by atoms with Crippen LogP contribution in [0.15, 0.2) is 48.5 Å². The first-order valence-electron chi connectivity index (χ1n) is 8.86. The lowest BCUT2D eigenvalue weighted by Crippen LogP contribution is -2.36. The molecule has 0 fully saturated rings.